The Morgan fingerprint density at radius 2 is 1.83 bits per heavy atom. The maximum atomic E-state index is 11.1. The number of para-hydroxylation sites is 1. The van der Waals surface area contributed by atoms with Crippen molar-refractivity contribution in [3.8, 4) is 0 Å². The van der Waals surface area contributed by atoms with Crippen LogP contribution in [0.1, 0.15) is 25.7 Å². The molecule has 1 amide bonds. The van der Waals surface area contributed by atoms with Gasteiger partial charge >= 0.3 is 0 Å². The summed E-state index contributed by atoms with van der Waals surface area (Å²) in [5, 5.41) is 0. The maximum absolute atomic E-state index is 11.1. The number of primary amides is 1. The minimum Gasteiger partial charge on any atom is -0.374 e. The molecule has 0 spiro atoms. The van der Waals surface area contributed by atoms with Crippen LogP contribution in [0.15, 0.2) is 30.3 Å². The first-order chi connectivity index (χ1) is 8.66. The maximum Gasteiger partial charge on any atom is 0.220 e. The monoisotopic (exact) mass is 246 g/mol. The zero-order valence-electron chi connectivity index (χ0n) is 11.0. The summed E-state index contributed by atoms with van der Waals surface area (Å²) in [7, 11) is 2.13. The third-order valence-corrected chi connectivity index (χ3v) is 3.98. The Labute approximate surface area is 109 Å². The van der Waals surface area contributed by atoms with Crippen molar-refractivity contribution in [3.63, 3.8) is 0 Å². The second-order valence-electron chi connectivity index (χ2n) is 5.34. The fourth-order valence-corrected chi connectivity index (χ4v) is 2.80. The number of nitrogens with two attached hydrogens (primary N) is 1. The van der Waals surface area contributed by atoms with Gasteiger partial charge in [-0.15, -0.1) is 0 Å². The number of carbonyl (C=O) groups excluding carboxylic acids is 1. The summed E-state index contributed by atoms with van der Waals surface area (Å²) in [6.45, 7) is 1.06. The average Bonchev–Trinajstić information content (AvgIpc) is 2.40. The Bertz CT molecular complexity index is 383. The summed E-state index contributed by atoms with van der Waals surface area (Å²) in [4.78, 5) is 13.4. The molecular weight excluding hydrogens is 224 g/mol. The van der Waals surface area contributed by atoms with Gasteiger partial charge in [0.1, 0.15) is 0 Å². The van der Waals surface area contributed by atoms with Crippen molar-refractivity contribution in [1.29, 1.82) is 0 Å². The van der Waals surface area contributed by atoms with Crippen molar-refractivity contribution >= 4 is 11.6 Å². The van der Waals surface area contributed by atoms with Crippen LogP contribution in [0, 0.1) is 11.8 Å². The van der Waals surface area contributed by atoms with Crippen LogP contribution >= 0.6 is 0 Å². The first-order valence-electron chi connectivity index (χ1n) is 6.72. The molecule has 0 bridgehead atoms. The topological polar surface area (TPSA) is 46.3 Å². The predicted molar refractivity (Wildman–Crippen MR) is 74.4 cm³/mol. The van der Waals surface area contributed by atoms with Gasteiger partial charge in [-0.1, -0.05) is 18.2 Å². The number of anilines is 1. The highest BCUT2D eigenvalue weighted by Gasteiger charge is 2.25. The number of hydrogen-bond donors (Lipinski definition) is 1. The Hall–Kier alpha value is -1.51. The molecule has 98 valence electrons. The molecule has 0 saturated heterocycles. The zero-order chi connectivity index (χ0) is 13.0. The molecule has 0 radical (unpaired) electrons. The van der Waals surface area contributed by atoms with Crippen molar-refractivity contribution in [3.05, 3.63) is 30.3 Å². The van der Waals surface area contributed by atoms with Gasteiger partial charge in [0.05, 0.1) is 0 Å². The summed E-state index contributed by atoms with van der Waals surface area (Å²) in [6, 6.07) is 10.4. The minimum atomic E-state index is -0.120. The standard InChI is InChI=1S/C15H22N2O/c1-17(14-5-3-2-4-6-14)11-12-7-9-13(10-8-12)15(16)18/h2-6,12-13H,7-11H2,1H3,(H2,16,18). The second-order valence-corrected chi connectivity index (χ2v) is 5.34. The molecule has 0 aromatic heterocycles. The van der Waals surface area contributed by atoms with E-state index in [2.05, 4.69) is 36.2 Å². The molecule has 2 rings (SSSR count). The highest BCUT2D eigenvalue weighted by atomic mass is 16.1. The quantitative estimate of drug-likeness (QED) is 0.886. The van der Waals surface area contributed by atoms with E-state index in [-0.39, 0.29) is 11.8 Å². The van der Waals surface area contributed by atoms with Gasteiger partial charge < -0.3 is 10.6 Å². The first-order valence-corrected chi connectivity index (χ1v) is 6.72. The van der Waals surface area contributed by atoms with Gasteiger partial charge in [-0.05, 0) is 43.7 Å². The highest BCUT2D eigenvalue weighted by molar-refractivity contribution is 5.76. The van der Waals surface area contributed by atoms with Crippen LogP contribution in [0.3, 0.4) is 0 Å². The van der Waals surface area contributed by atoms with Crippen LogP contribution in [-0.4, -0.2) is 19.5 Å². The molecule has 2 N–H and O–H groups in total. The van der Waals surface area contributed by atoms with E-state index >= 15 is 0 Å². The molecular formula is C15H22N2O. The van der Waals surface area contributed by atoms with Crippen molar-refractivity contribution in [2.24, 2.45) is 17.6 Å². The minimum absolute atomic E-state index is 0.114. The fourth-order valence-electron chi connectivity index (χ4n) is 2.80. The van der Waals surface area contributed by atoms with E-state index in [4.69, 9.17) is 5.73 Å². The molecule has 1 saturated carbocycles. The zero-order valence-corrected chi connectivity index (χ0v) is 11.0. The van der Waals surface area contributed by atoms with Crippen molar-refractivity contribution < 1.29 is 4.79 Å². The van der Waals surface area contributed by atoms with E-state index in [1.165, 1.54) is 5.69 Å². The molecule has 0 heterocycles. The summed E-state index contributed by atoms with van der Waals surface area (Å²) in [5.41, 5.74) is 6.61. The van der Waals surface area contributed by atoms with Crippen LogP contribution in [0.4, 0.5) is 5.69 Å². The highest BCUT2D eigenvalue weighted by Crippen LogP contribution is 2.29. The van der Waals surface area contributed by atoms with Crippen LogP contribution in [0.25, 0.3) is 0 Å². The molecule has 1 aromatic carbocycles. The third-order valence-electron chi connectivity index (χ3n) is 3.98. The van der Waals surface area contributed by atoms with E-state index in [1.54, 1.807) is 0 Å². The van der Waals surface area contributed by atoms with E-state index in [9.17, 15) is 4.79 Å². The van der Waals surface area contributed by atoms with E-state index in [0.29, 0.717) is 5.92 Å². The lowest BCUT2D eigenvalue weighted by molar-refractivity contribution is -0.122. The summed E-state index contributed by atoms with van der Waals surface area (Å²) in [6.07, 6.45) is 4.15. The third kappa shape index (κ3) is 3.25. The van der Waals surface area contributed by atoms with Gasteiger partial charge in [0.15, 0.2) is 0 Å². The summed E-state index contributed by atoms with van der Waals surface area (Å²) >= 11 is 0. The Morgan fingerprint density at radius 1 is 1.22 bits per heavy atom. The SMILES string of the molecule is CN(CC1CCC(C(N)=O)CC1)c1ccccc1. The lowest BCUT2D eigenvalue weighted by Crippen LogP contribution is -2.32. The molecule has 18 heavy (non-hydrogen) atoms. The Balaban J connectivity index is 1.83. The molecule has 1 aliphatic rings. The Kier molecular flexibility index (Phi) is 4.24. The molecule has 1 fully saturated rings. The predicted octanol–water partition coefficient (Wildman–Crippen LogP) is 2.41. The van der Waals surface area contributed by atoms with E-state index in [0.717, 1.165) is 32.2 Å². The number of amides is 1. The molecule has 3 nitrogen and oxygen atoms in total. The van der Waals surface area contributed by atoms with Gasteiger partial charge in [0.25, 0.3) is 0 Å². The van der Waals surface area contributed by atoms with Crippen molar-refractivity contribution in [2.75, 3.05) is 18.5 Å². The molecule has 0 unspecified atom stereocenters. The normalized spacial score (nSPS) is 23.6. The van der Waals surface area contributed by atoms with E-state index < -0.39 is 0 Å². The first kappa shape index (κ1) is 12.9. The van der Waals surface area contributed by atoms with Crippen molar-refractivity contribution in [2.45, 2.75) is 25.7 Å². The summed E-state index contributed by atoms with van der Waals surface area (Å²) in [5.74, 6) is 0.680. The smallest absolute Gasteiger partial charge is 0.220 e. The van der Waals surface area contributed by atoms with Crippen LogP contribution in [0.2, 0.25) is 0 Å². The molecule has 3 heteroatoms. The van der Waals surface area contributed by atoms with Crippen LogP contribution in [0.5, 0.6) is 0 Å². The largest absolute Gasteiger partial charge is 0.374 e. The van der Waals surface area contributed by atoms with Crippen molar-refractivity contribution in [1.82, 2.24) is 0 Å². The number of carbonyl (C=O) groups is 1. The second kappa shape index (κ2) is 5.89. The number of hydrogen-bond acceptors (Lipinski definition) is 2. The lowest BCUT2D eigenvalue weighted by atomic mass is 9.81. The fraction of sp³-hybridized carbons (Fsp3) is 0.533. The Morgan fingerprint density at radius 3 is 2.39 bits per heavy atom. The molecule has 1 aliphatic carbocycles. The number of benzene rings is 1. The van der Waals surface area contributed by atoms with Gasteiger partial charge in [0, 0.05) is 25.2 Å². The van der Waals surface area contributed by atoms with Crippen LogP contribution in [-0.2, 0) is 4.79 Å². The molecule has 0 atom stereocenters. The van der Waals surface area contributed by atoms with Gasteiger partial charge in [0.2, 0.25) is 5.91 Å². The summed E-state index contributed by atoms with van der Waals surface area (Å²) < 4.78 is 0. The molecule has 1 aromatic rings. The van der Waals surface area contributed by atoms with Crippen LogP contribution < -0.4 is 10.6 Å². The molecule has 0 aliphatic heterocycles. The van der Waals surface area contributed by atoms with Gasteiger partial charge in [-0.3, -0.25) is 4.79 Å². The lowest BCUT2D eigenvalue weighted by Gasteiger charge is -2.31. The van der Waals surface area contributed by atoms with Gasteiger partial charge in [-0.2, -0.15) is 0 Å². The number of rotatable bonds is 4. The van der Waals surface area contributed by atoms with Gasteiger partial charge in [-0.25, -0.2) is 0 Å². The van der Waals surface area contributed by atoms with E-state index in [1.807, 2.05) is 6.07 Å². The average molecular weight is 246 g/mol. The number of nitrogens with zero attached hydrogens (tertiary/aromatic N) is 1.